The molecule has 0 aromatic carbocycles. The van der Waals surface area contributed by atoms with E-state index >= 15 is 0 Å². The van der Waals surface area contributed by atoms with Crippen LogP contribution in [0.4, 0.5) is 11.8 Å². The molecule has 1 heterocycles. The van der Waals surface area contributed by atoms with Crippen LogP contribution in [0.1, 0.15) is 40.0 Å². The van der Waals surface area contributed by atoms with Crippen molar-refractivity contribution in [3.05, 3.63) is 6.07 Å². The number of hydrazine groups is 1. The molecule has 0 aliphatic heterocycles. The minimum absolute atomic E-state index is 0.161. The molecule has 0 radical (unpaired) electrons. The van der Waals surface area contributed by atoms with Crippen LogP contribution >= 0.6 is 0 Å². The average molecular weight is 265 g/mol. The first-order valence-electron chi connectivity index (χ1n) is 6.66. The van der Waals surface area contributed by atoms with E-state index in [4.69, 9.17) is 16.3 Å². The molecular formula is C13H23N5O. The second kappa shape index (κ2) is 5.21. The molecule has 6 heteroatoms. The van der Waals surface area contributed by atoms with E-state index in [9.17, 15) is 0 Å². The Morgan fingerprint density at radius 1 is 1.37 bits per heavy atom. The Kier molecular flexibility index (Phi) is 3.80. The number of anilines is 2. The summed E-state index contributed by atoms with van der Waals surface area (Å²) in [4.78, 5) is 8.04. The number of ether oxygens (including phenoxy) is 1. The third-order valence-corrected chi connectivity index (χ3v) is 3.50. The number of aromatic nitrogens is 2. The van der Waals surface area contributed by atoms with Crippen molar-refractivity contribution in [1.82, 2.24) is 9.97 Å². The summed E-state index contributed by atoms with van der Waals surface area (Å²) in [5.74, 6) is 7.09. The Bertz CT molecular complexity index is 449. The van der Waals surface area contributed by atoms with E-state index in [1.165, 1.54) is 6.42 Å². The molecule has 1 aliphatic rings. The Hall–Kier alpha value is -1.56. The topological polar surface area (TPSA) is 99.1 Å². The Morgan fingerprint density at radius 2 is 2.11 bits per heavy atom. The first-order valence-corrected chi connectivity index (χ1v) is 6.66. The zero-order valence-electron chi connectivity index (χ0n) is 11.8. The van der Waals surface area contributed by atoms with Gasteiger partial charge in [0, 0.05) is 6.07 Å². The van der Waals surface area contributed by atoms with Crippen LogP contribution in [-0.2, 0) is 0 Å². The molecule has 0 bridgehead atoms. The van der Waals surface area contributed by atoms with E-state index in [-0.39, 0.29) is 12.1 Å². The molecule has 5 N–H and O–H groups in total. The first kappa shape index (κ1) is 13.9. The fraction of sp³-hybridized carbons (Fsp3) is 0.692. The van der Waals surface area contributed by atoms with Gasteiger partial charge in [0.15, 0.2) is 0 Å². The molecule has 0 saturated heterocycles. The molecule has 1 saturated carbocycles. The number of nitrogens with two attached hydrogens (primary N) is 2. The van der Waals surface area contributed by atoms with Gasteiger partial charge in [-0.1, -0.05) is 20.8 Å². The minimum atomic E-state index is 0.161. The van der Waals surface area contributed by atoms with Gasteiger partial charge in [-0.25, -0.2) is 5.84 Å². The summed E-state index contributed by atoms with van der Waals surface area (Å²) in [5, 5.41) is 0. The summed E-state index contributed by atoms with van der Waals surface area (Å²) in [6.07, 6.45) is 3.46. The lowest BCUT2D eigenvalue weighted by Crippen LogP contribution is -2.34. The summed E-state index contributed by atoms with van der Waals surface area (Å²) in [5.41, 5.74) is 8.38. The van der Waals surface area contributed by atoms with Crippen LogP contribution in [0.2, 0.25) is 0 Å². The molecule has 1 fully saturated rings. The maximum absolute atomic E-state index is 5.96. The fourth-order valence-corrected chi connectivity index (χ4v) is 3.10. The van der Waals surface area contributed by atoms with Gasteiger partial charge in [0.05, 0.1) is 0 Å². The highest BCUT2D eigenvalue weighted by Crippen LogP contribution is 2.39. The zero-order valence-corrected chi connectivity index (χ0v) is 11.8. The van der Waals surface area contributed by atoms with E-state index in [1.54, 1.807) is 6.07 Å². The van der Waals surface area contributed by atoms with Gasteiger partial charge in [0.1, 0.15) is 11.9 Å². The molecule has 2 unspecified atom stereocenters. The van der Waals surface area contributed by atoms with E-state index in [0.29, 0.717) is 23.0 Å². The SMILES string of the molecule is CC1CC(Oc2cc(NN)nc(N)n2)CC(C)(C)C1. The number of nitrogens with zero attached hydrogens (tertiary/aromatic N) is 2. The Morgan fingerprint density at radius 3 is 2.74 bits per heavy atom. The smallest absolute Gasteiger partial charge is 0.225 e. The molecule has 1 aromatic rings. The van der Waals surface area contributed by atoms with Crippen LogP contribution < -0.4 is 21.7 Å². The van der Waals surface area contributed by atoms with Crippen molar-refractivity contribution in [2.75, 3.05) is 11.2 Å². The second-order valence-corrected chi connectivity index (χ2v) is 6.25. The second-order valence-electron chi connectivity index (χ2n) is 6.25. The van der Waals surface area contributed by atoms with Crippen LogP contribution in [0.3, 0.4) is 0 Å². The summed E-state index contributed by atoms with van der Waals surface area (Å²) in [6.45, 7) is 6.82. The predicted octanol–water partition coefficient (Wildman–Crippen LogP) is 1.94. The third-order valence-electron chi connectivity index (χ3n) is 3.50. The fourth-order valence-electron chi connectivity index (χ4n) is 3.10. The van der Waals surface area contributed by atoms with Gasteiger partial charge in [0.25, 0.3) is 0 Å². The highest BCUT2D eigenvalue weighted by molar-refractivity contribution is 5.41. The lowest BCUT2D eigenvalue weighted by atomic mass is 9.71. The number of hydrogen-bond acceptors (Lipinski definition) is 6. The molecule has 1 aromatic heterocycles. The van der Waals surface area contributed by atoms with Gasteiger partial charge >= 0.3 is 0 Å². The van der Waals surface area contributed by atoms with Crippen molar-refractivity contribution < 1.29 is 4.74 Å². The standard InChI is InChI=1S/C13H23N5O/c1-8-4-9(7-13(2,3)6-8)19-11-5-10(18-15)16-12(14)17-11/h5,8-9H,4,6-7,15H2,1-3H3,(H3,14,16,17,18). The largest absolute Gasteiger partial charge is 0.474 e. The van der Waals surface area contributed by atoms with Crippen LogP contribution in [-0.4, -0.2) is 16.1 Å². The van der Waals surface area contributed by atoms with Crippen molar-refractivity contribution in [2.45, 2.75) is 46.1 Å². The van der Waals surface area contributed by atoms with Gasteiger partial charge in [-0.15, -0.1) is 0 Å². The number of nitrogens with one attached hydrogen (secondary N) is 1. The molecule has 19 heavy (non-hydrogen) atoms. The van der Waals surface area contributed by atoms with Crippen LogP contribution in [0.25, 0.3) is 0 Å². The van der Waals surface area contributed by atoms with Crippen molar-refractivity contribution >= 4 is 11.8 Å². The summed E-state index contributed by atoms with van der Waals surface area (Å²) in [7, 11) is 0. The van der Waals surface area contributed by atoms with E-state index in [1.807, 2.05) is 0 Å². The first-order chi connectivity index (χ1) is 8.88. The van der Waals surface area contributed by atoms with Crippen molar-refractivity contribution in [1.29, 1.82) is 0 Å². The van der Waals surface area contributed by atoms with Crippen molar-refractivity contribution in [3.8, 4) is 5.88 Å². The van der Waals surface area contributed by atoms with Crippen molar-refractivity contribution in [3.63, 3.8) is 0 Å². The maximum Gasteiger partial charge on any atom is 0.225 e. The van der Waals surface area contributed by atoms with Crippen molar-refractivity contribution in [2.24, 2.45) is 17.2 Å². The van der Waals surface area contributed by atoms with E-state index < -0.39 is 0 Å². The normalized spacial score (nSPS) is 25.9. The number of hydrogen-bond donors (Lipinski definition) is 3. The van der Waals surface area contributed by atoms with Gasteiger partial charge < -0.3 is 15.9 Å². The molecular weight excluding hydrogens is 242 g/mol. The summed E-state index contributed by atoms with van der Waals surface area (Å²) < 4.78 is 5.96. The lowest BCUT2D eigenvalue weighted by Gasteiger charge is -2.38. The maximum atomic E-state index is 5.96. The summed E-state index contributed by atoms with van der Waals surface area (Å²) in [6, 6.07) is 1.67. The predicted molar refractivity (Wildman–Crippen MR) is 75.5 cm³/mol. The van der Waals surface area contributed by atoms with Crippen LogP contribution in [0, 0.1) is 11.3 Å². The molecule has 0 amide bonds. The molecule has 2 atom stereocenters. The Balaban J connectivity index is 2.10. The lowest BCUT2D eigenvalue weighted by molar-refractivity contribution is 0.0533. The van der Waals surface area contributed by atoms with Gasteiger partial charge in [0.2, 0.25) is 11.8 Å². The molecule has 106 valence electrons. The molecule has 2 rings (SSSR count). The van der Waals surface area contributed by atoms with Crippen LogP contribution in [0.5, 0.6) is 5.88 Å². The summed E-state index contributed by atoms with van der Waals surface area (Å²) >= 11 is 0. The van der Waals surface area contributed by atoms with E-state index in [2.05, 4.69) is 36.2 Å². The number of rotatable bonds is 3. The van der Waals surface area contributed by atoms with Gasteiger partial charge in [-0.3, -0.25) is 0 Å². The molecule has 6 nitrogen and oxygen atoms in total. The zero-order chi connectivity index (χ0) is 14.0. The molecule has 1 aliphatic carbocycles. The van der Waals surface area contributed by atoms with E-state index in [0.717, 1.165) is 12.8 Å². The Labute approximate surface area is 113 Å². The number of nitrogen functional groups attached to an aromatic ring is 2. The average Bonchev–Trinajstić information content (AvgIpc) is 2.24. The molecule has 0 spiro atoms. The third kappa shape index (κ3) is 3.70. The highest BCUT2D eigenvalue weighted by Gasteiger charge is 2.33. The minimum Gasteiger partial charge on any atom is -0.474 e. The van der Waals surface area contributed by atoms with Gasteiger partial charge in [-0.05, 0) is 30.6 Å². The van der Waals surface area contributed by atoms with Crippen LogP contribution in [0.15, 0.2) is 6.07 Å². The van der Waals surface area contributed by atoms with Gasteiger partial charge in [-0.2, -0.15) is 9.97 Å². The monoisotopic (exact) mass is 265 g/mol. The highest BCUT2D eigenvalue weighted by atomic mass is 16.5. The quantitative estimate of drug-likeness (QED) is 0.570.